The lowest BCUT2D eigenvalue weighted by Gasteiger charge is -2.25. The van der Waals surface area contributed by atoms with Crippen LogP contribution >= 0.6 is 0 Å². The summed E-state index contributed by atoms with van der Waals surface area (Å²) in [6, 6.07) is 28.1. The molecule has 9 rings (SSSR count). The van der Waals surface area contributed by atoms with Crippen LogP contribution in [0.25, 0.3) is 43.6 Å². The van der Waals surface area contributed by atoms with E-state index in [1.807, 2.05) is 0 Å². The number of fused-ring (bicyclic) bond motifs is 6. The van der Waals surface area contributed by atoms with Crippen molar-refractivity contribution in [2.45, 2.75) is 102 Å². The molecule has 6 heteroatoms. The van der Waals surface area contributed by atoms with Crippen molar-refractivity contribution in [1.29, 1.82) is 0 Å². The van der Waals surface area contributed by atoms with Crippen LogP contribution in [-0.4, -0.2) is 58.2 Å². The van der Waals surface area contributed by atoms with Gasteiger partial charge in [-0.2, -0.15) is 0 Å². The van der Waals surface area contributed by atoms with Crippen molar-refractivity contribution in [3.8, 4) is 0 Å². The summed E-state index contributed by atoms with van der Waals surface area (Å²) in [5.41, 5.74) is 9.66. The Hall–Kier alpha value is -4.84. The second kappa shape index (κ2) is 13.1. The number of aliphatic imine (C=N–C) groups is 4. The van der Waals surface area contributed by atoms with Crippen molar-refractivity contribution >= 4 is 68.5 Å². The Labute approximate surface area is 294 Å². The first-order chi connectivity index (χ1) is 24.7. The first kappa shape index (κ1) is 31.2. The number of aryl methyl sites for hydroxylation is 2. The molecule has 252 valence electrons. The first-order valence-corrected chi connectivity index (χ1v) is 18.9. The Morgan fingerprint density at radius 1 is 0.420 bits per heavy atom. The summed E-state index contributed by atoms with van der Waals surface area (Å²) in [5.74, 6) is 0. The molecule has 2 aromatic heterocycles. The van der Waals surface area contributed by atoms with Gasteiger partial charge in [-0.1, -0.05) is 49.9 Å². The Kier molecular flexibility index (Phi) is 8.18. The lowest BCUT2D eigenvalue weighted by Crippen LogP contribution is -2.27. The van der Waals surface area contributed by atoms with Crippen LogP contribution in [0.1, 0.15) is 87.5 Å². The van der Waals surface area contributed by atoms with E-state index in [1.165, 1.54) is 69.3 Å². The molecule has 50 heavy (non-hydrogen) atoms. The van der Waals surface area contributed by atoms with Gasteiger partial charge in [0.2, 0.25) is 0 Å². The van der Waals surface area contributed by atoms with E-state index in [1.54, 1.807) is 0 Å². The molecule has 0 N–H and O–H groups in total. The Morgan fingerprint density at radius 2 is 0.680 bits per heavy atom. The van der Waals surface area contributed by atoms with E-state index >= 15 is 0 Å². The summed E-state index contributed by atoms with van der Waals surface area (Å²) >= 11 is 0. The van der Waals surface area contributed by atoms with Crippen molar-refractivity contribution in [2.24, 2.45) is 20.0 Å². The Balaban J connectivity index is 1.18. The van der Waals surface area contributed by atoms with Crippen molar-refractivity contribution in [2.75, 3.05) is 0 Å². The van der Waals surface area contributed by atoms with E-state index in [9.17, 15) is 0 Å². The number of rotatable bonds is 2. The molecule has 4 atom stereocenters. The van der Waals surface area contributed by atoms with Gasteiger partial charge in [0, 0.05) is 81.6 Å². The van der Waals surface area contributed by atoms with Gasteiger partial charge >= 0.3 is 0 Å². The van der Waals surface area contributed by atoms with Crippen LogP contribution in [-0.2, 0) is 13.1 Å². The molecule has 2 saturated carbocycles. The fraction of sp³-hybridized carbons (Fsp3) is 0.364. The topological polar surface area (TPSA) is 59.3 Å². The highest BCUT2D eigenvalue weighted by Gasteiger charge is 2.25. The third-order valence-corrected chi connectivity index (χ3v) is 11.5. The largest absolute Gasteiger partial charge is 0.341 e. The minimum Gasteiger partial charge on any atom is -0.341 e. The molecule has 3 heterocycles. The monoisotopic (exact) mass is 658 g/mol. The molecular weight excluding hydrogens is 613 g/mol. The molecule has 0 amide bonds. The Morgan fingerprint density at radius 3 is 0.920 bits per heavy atom. The van der Waals surface area contributed by atoms with Gasteiger partial charge in [0.15, 0.2) is 0 Å². The minimum atomic E-state index is 0.192. The summed E-state index contributed by atoms with van der Waals surface area (Å²) in [6.45, 7) is 6.31. The number of benzene rings is 4. The summed E-state index contributed by atoms with van der Waals surface area (Å²) in [7, 11) is 0. The number of aromatic nitrogens is 2. The molecule has 8 bridgehead atoms. The highest BCUT2D eigenvalue weighted by Crippen LogP contribution is 2.33. The molecule has 0 radical (unpaired) electrons. The van der Waals surface area contributed by atoms with Gasteiger partial charge in [0.05, 0.1) is 24.2 Å². The lowest BCUT2D eigenvalue weighted by atomic mass is 9.91. The molecule has 0 spiro atoms. The maximum atomic E-state index is 5.21. The van der Waals surface area contributed by atoms with Crippen LogP contribution < -0.4 is 0 Å². The van der Waals surface area contributed by atoms with Crippen LogP contribution in [0.3, 0.4) is 0 Å². The molecule has 2 aliphatic carbocycles. The fourth-order valence-corrected chi connectivity index (χ4v) is 8.89. The zero-order valence-electron chi connectivity index (χ0n) is 29.3. The van der Waals surface area contributed by atoms with Gasteiger partial charge < -0.3 is 9.13 Å². The van der Waals surface area contributed by atoms with Crippen LogP contribution in [0.5, 0.6) is 0 Å². The summed E-state index contributed by atoms with van der Waals surface area (Å²) in [6.07, 6.45) is 17.5. The quantitative estimate of drug-likeness (QED) is 0.178. The number of nitrogens with zero attached hydrogens (tertiary/aromatic N) is 6. The van der Waals surface area contributed by atoms with Crippen LogP contribution in [0.15, 0.2) is 92.8 Å². The molecular formula is C44H46N6. The van der Waals surface area contributed by atoms with Crippen molar-refractivity contribution < 1.29 is 0 Å². The van der Waals surface area contributed by atoms with Crippen molar-refractivity contribution in [1.82, 2.24) is 9.13 Å². The minimum absolute atomic E-state index is 0.192. The molecule has 2 fully saturated rings. The van der Waals surface area contributed by atoms with Gasteiger partial charge in [0.25, 0.3) is 0 Å². The molecule has 4 aromatic carbocycles. The molecule has 6 aromatic rings. The van der Waals surface area contributed by atoms with Gasteiger partial charge in [0.1, 0.15) is 0 Å². The van der Waals surface area contributed by atoms with E-state index < -0.39 is 0 Å². The summed E-state index contributed by atoms with van der Waals surface area (Å²) < 4.78 is 4.84. The zero-order chi connectivity index (χ0) is 33.6. The predicted molar refractivity (Wildman–Crippen MR) is 213 cm³/mol. The molecule has 0 unspecified atom stereocenters. The van der Waals surface area contributed by atoms with Gasteiger partial charge in [-0.15, -0.1) is 0 Å². The number of hydrogen-bond acceptors (Lipinski definition) is 4. The average molecular weight is 659 g/mol. The zero-order valence-corrected chi connectivity index (χ0v) is 29.3. The predicted octanol–water partition coefficient (Wildman–Crippen LogP) is 9.95. The average Bonchev–Trinajstić information content (AvgIpc) is 3.65. The van der Waals surface area contributed by atoms with Crippen LogP contribution in [0.4, 0.5) is 0 Å². The van der Waals surface area contributed by atoms with E-state index in [0.29, 0.717) is 0 Å². The molecule has 6 nitrogen and oxygen atoms in total. The number of hydrogen-bond donors (Lipinski definition) is 0. The highest BCUT2D eigenvalue weighted by atomic mass is 15.0. The third-order valence-electron chi connectivity index (χ3n) is 11.5. The van der Waals surface area contributed by atoms with E-state index in [0.717, 1.165) is 61.0 Å². The van der Waals surface area contributed by atoms with Crippen LogP contribution in [0, 0.1) is 0 Å². The molecule has 1 aliphatic heterocycles. The van der Waals surface area contributed by atoms with Gasteiger partial charge in [-0.05, 0) is 110 Å². The van der Waals surface area contributed by atoms with Crippen molar-refractivity contribution in [3.05, 3.63) is 95.1 Å². The Bertz CT molecular complexity index is 2030. The third kappa shape index (κ3) is 5.59. The first-order valence-electron chi connectivity index (χ1n) is 18.9. The standard InChI is InChI=1S/C44H46N6/c1-3-49-41-17-13-29-21-33(41)34-22-30(14-18-42(34)49)26-46-38-10-6-8-12-40(38)48-28-32-16-20-44-36(24-32)35-23-31(15-19-43(35)50(44)4-2)27-47-39-11-7-5-9-37(39)45-25-29/h13-28,37-40H,3-12H2,1-2H3/t37-,38-,39-,40-/m1/s1. The SMILES string of the molecule is CCn1c2ccc3cc2c2cc(ccc21)C=N[C@@H]1CCCC[C@H]1N=Cc1ccc2c(c1)c1cc(ccc1n2CC)C=N[C@@H]1CCCC[C@H]1N=C3. The van der Waals surface area contributed by atoms with Crippen LogP contribution in [0.2, 0.25) is 0 Å². The van der Waals surface area contributed by atoms with Gasteiger partial charge in [-0.3, -0.25) is 20.0 Å². The highest BCUT2D eigenvalue weighted by molar-refractivity contribution is 6.12. The van der Waals surface area contributed by atoms with E-state index in [2.05, 4.69) is 121 Å². The maximum absolute atomic E-state index is 5.21. The maximum Gasteiger partial charge on any atom is 0.0723 e. The molecule has 3 aliphatic rings. The van der Waals surface area contributed by atoms with Crippen molar-refractivity contribution in [3.63, 3.8) is 0 Å². The van der Waals surface area contributed by atoms with E-state index in [-0.39, 0.29) is 24.2 Å². The second-order valence-electron chi connectivity index (χ2n) is 14.5. The molecule has 0 saturated heterocycles. The fourth-order valence-electron chi connectivity index (χ4n) is 8.89. The normalized spacial score (nSPS) is 22.6. The van der Waals surface area contributed by atoms with Gasteiger partial charge in [-0.25, -0.2) is 0 Å². The second-order valence-corrected chi connectivity index (χ2v) is 14.5. The smallest absolute Gasteiger partial charge is 0.0723 e. The van der Waals surface area contributed by atoms with E-state index in [4.69, 9.17) is 20.0 Å². The summed E-state index contributed by atoms with van der Waals surface area (Å²) in [4.78, 5) is 20.8. The lowest BCUT2D eigenvalue weighted by molar-refractivity contribution is 0.390. The summed E-state index contributed by atoms with van der Waals surface area (Å²) in [5, 5.41) is 5.10.